The molecule has 2 aromatic rings. The highest BCUT2D eigenvalue weighted by atomic mass is 79.9. The lowest BCUT2D eigenvalue weighted by molar-refractivity contribution is -0.140. The third kappa shape index (κ3) is 5.44. The van der Waals surface area contributed by atoms with Crippen molar-refractivity contribution in [3.05, 3.63) is 58.3 Å². The summed E-state index contributed by atoms with van der Waals surface area (Å²) in [5.41, 5.74) is 3.88. The van der Waals surface area contributed by atoms with Gasteiger partial charge < -0.3 is 9.53 Å². The Bertz CT molecular complexity index is 971. The number of hydrogen-bond acceptors (Lipinski definition) is 6. The highest BCUT2D eigenvalue weighted by Gasteiger charge is 2.25. The largest absolute Gasteiger partial charge is 0.469 e. The van der Waals surface area contributed by atoms with Crippen LogP contribution in [0.25, 0.3) is 0 Å². The zero-order valence-corrected chi connectivity index (χ0v) is 18.0. The fourth-order valence-corrected chi connectivity index (χ4v) is 3.51. The first-order valence-electron chi connectivity index (χ1n) is 9.40. The maximum absolute atomic E-state index is 11.7. The highest BCUT2D eigenvalue weighted by molar-refractivity contribution is 9.10. The van der Waals surface area contributed by atoms with Crippen molar-refractivity contribution in [1.82, 2.24) is 4.98 Å². The lowest BCUT2D eigenvalue weighted by Gasteiger charge is -2.15. The number of aromatic nitrogens is 1. The minimum Gasteiger partial charge on any atom is -0.469 e. The van der Waals surface area contributed by atoms with Crippen molar-refractivity contribution in [2.75, 3.05) is 7.11 Å². The third-order valence-corrected chi connectivity index (χ3v) is 5.13. The second-order valence-corrected chi connectivity index (χ2v) is 7.71. The van der Waals surface area contributed by atoms with E-state index in [1.165, 1.54) is 7.11 Å². The lowest BCUT2D eigenvalue weighted by atomic mass is 10.0. The van der Waals surface area contributed by atoms with E-state index in [0.29, 0.717) is 19.3 Å². The van der Waals surface area contributed by atoms with E-state index in [2.05, 4.69) is 20.9 Å². The molecule has 1 atom stereocenters. The van der Waals surface area contributed by atoms with Crippen LogP contribution < -0.4 is 0 Å². The summed E-state index contributed by atoms with van der Waals surface area (Å²) in [7, 11) is 1.37. The molecule has 150 valence electrons. The number of carbonyl (C=O) groups excluding carboxylic acids is 2. The van der Waals surface area contributed by atoms with Crippen LogP contribution in [0.4, 0.5) is 5.69 Å². The van der Waals surface area contributed by atoms with Crippen LogP contribution in [0.15, 0.2) is 57.1 Å². The summed E-state index contributed by atoms with van der Waals surface area (Å²) in [5.74, 6) is -0.205. The van der Waals surface area contributed by atoms with Crippen molar-refractivity contribution in [1.29, 1.82) is 0 Å². The molecule has 7 heteroatoms. The van der Waals surface area contributed by atoms with Crippen LogP contribution in [-0.2, 0) is 14.3 Å². The second kappa shape index (κ2) is 9.69. The van der Waals surface area contributed by atoms with Crippen LogP contribution in [0.3, 0.4) is 0 Å². The van der Waals surface area contributed by atoms with Crippen LogP contribution in [0.2, 0.25) is 0 Å². The third-order valence-electron chi connectivity index (χ3n) is 4.64. The molecule has 0 N–H and O–H groups in total. The molecule has 0 spiro atoms. The molecule has 1 aromatic heterocycles. The number of ketones is 1. The van der Waals surface area contributed by atoms with E-state index >= 15 is 0 Å². The molecule has 1 aromatic carbocycles. The molecule has 0 saturated carbocycles. The Balaban J connectivity index is 2.10. The number of carbonyl (C=O) groups is 2. The lowest BCUT2D eigenvalue weighted by Crippen LogP contribution is -2.22. The highest BCUT2D eigenvalue weighted by Crippen LogP contribution is 2.31. The molecule has 29 heavy (non-hydrogen) atoms. The molecule has 1 aliphatic rings. The van der Waals surface area contributed by atoms with Crippen LogP contribution in [0, 0.1) is 0 Å². The van der Waals surface area contributed by atoms with Gasteiger partial charge in [0.1, 0.15) is 5.78 Å². The van der Waals surface area contributed by atoms with Crippen molar-refractivity contribution >= 4 is 44.8 Å². The summed E-state index contributed by atoms with van der Waals surface area (Å²) in [6, 6.07) is 11.2. The van der Waals surface area contributed by atoms with Crippen LogP contribution in [0.1, 0.15) is 43.9 Å². The number of nitrogens with zero attached hydrogens (tertiary/aromatic N) is 3. The SMILES string of the molecule is COC(=O)CC[C@@H]1N=C(c2ccccn2)c2cc(Br)ccc2N=C1CCC(C)=O. The Morgan fingerprint density at radius 3 is 2.69 bits per heavy atom. The number of esters is 1. The van der Waals surface area contributed by atoms with Gasteiger partial charge in [0.15, 0.2) is 0 Å². The average Bonchev–Trinajstić information content (AvgIpc) is 2.87. The number of Topliss-reactive ketones (excluding diaryl/α,β-unsaturated/α-hetero) is 1. The molecular weight excluding hydrogens is 434 g/mol. The fraction of sp³-hybridized carbons (Fsp3) is 0.318. The van der Waals surface area contributed by atoms with E-state index in [-0.39, 0.29) is 24.2 Å². The number of fused-ring (bicyclic) bond motifs is 1. The van der Waals surface area contributed by atoms with E-state index in [4.69, 9.17) is 14.7 Å². The van der Waals surface area contributed by atoms with Crippen LogP contribution in [0.5, 0.6) is 0 Å². The summed E-state index contributed by atoms with van der Waals surface area (Å²) >= 11 is 3.53. The van der Waals surface area contributed by atoms with E-state index in [0.717, 1.165) is 32.8 Å². The number of halogens is 1. The number of aliphatic imine (C=N–C) groups is 2. The van der Waals surface area contributed by atoms with Gasteiger partial charge in [-0.15, -0.1) is 0 Å². The molecule has 2 heterocycles. The number of benzene rings is 1. The van der Waals surface area contributed by atoms with Gasteiger partial charge in [0, 0.05) is 34.8 Å². The van der Waals surface area contributed by atoms with E-state index in [1.54, 1.807) is 13.1 Å². The molecule has 0 bridgehead atoms. The monoisotopic (exact) mass is 455 g/mol. The van der Waals surface area contributed by atoms with Crippen molar-refractivity contribution in [3.63, 3.8) is 0 Å². The van der Waals surface area contributed by atoms with E-state index < -0.39 is 0 Å². The van der Waals surface area contributed by atoms with Gasteiger partial charge in [0.2, 0.25) is 0 Å². The first-order chi connectivity index (χ1) is 14.0. The molecule has 6 nitrogen and oxygen atoms in total. The Morgan fingerprint density at radius 2 is 2.00 bits per heavy atom. The summed E-state index contributed by atoms with van der Waals surface area (Å²) in [4.78, 5) is 37.6. The zero-order chi connectivity index (χ0) is 20.8. The topological polar surface area (TPSA) is 81.0 Å². The molecule has 1 aliphatic heterocycles. The predicted molar refractivity (Wildman–Crippen MR) is 116 cm³/mol. The number of pyridine rings is 1. The van der Waals surface area contributed by atoms with Crippen molar-refractivity contribution in [2.45, 2.75) is 38.6 Å². The first kappa shape index (κ1) is 21.0. The zero-order valence-electron chi connectivity index (χ0n) is 16.4. The molecule has 3 rings (SSSR count). The van der Waals surface area contributed by atoms with Crippen molar-refractivity contribution < 1.29 is 14.3 Å². The molecule has 0 amide bonds. The van der Waals surface area contributed by atoms with Crippen LogP contribution >= 0.6 is 15.9 Å². The smallest absolute Gasteiger partial charge is 0.305 e. The van der Waals surface area contributed by atoms with Crippen LogP contribution in [-0.4, -0.2) is 41.3 Å². The number of hydrogen-bond donors (Lipinski definition) is 0. The standard InChI is InChI=1S/C22H22BrN3O3/c1-14(27)6-8-18-19(10-11-21(28)29-2)26-22(20-5-3-4-12-24-20)16-13-15(23)7-9-17(16)25-18/h3-5,7,9,12-13,19H,6,8,10-11H2,1-2H3/t19-/m0/s1. The van der Waals surface area contributed by atoms with E-state index in [9.17, 15) is 9.59 Å². The van der Waals surface area contributed by atoms with Crippen molar-refractivity contribution in [3.8, 4) is 0 Å². The average molecular weight is 456 g/mol. The molecule has 0 aliphatic carbocycles. The van der Waals surface area contributed by atoms with Gasteiger partial charge in [-0.3, -0.25) is 19.8 Å². The number of rotatable bonds is 7. The van der Waals surface area contributed by atoms with Gasteiger partial charge in [-0.1, -0.05) is 22.0 Å². The molecule has 0 fully saturated rings. The maximum Gasteiger partial charge on any atom is 0.305 e. The Kier molecular flexibility index (Phi) is 7.04. The molecule has 0 unspecified atom stereocenters. The fourth-order valence-electron chi connectivity index (χ4n) is 3.15. The molecule has 0 saturated heterocycles. The molecule has 0 radical (unpaired) electrons. The summed E-state index contributed by atoms with van der Waals surface area (Å²) in [6.07, 6.45) is 3.28. The Morgan fingerprint density at radius 1 is 1.17 bits per heavy atom. The summed E-state index contributed by atoms with van der Waals surface area (Å²) in [6.45, 7) is 1.56. The van der Waals surface area contributed by atoms with Gasteiger partial charge in [0.05, 0.1) is 30.2 Å². The minimum absolute atomic E-state index is 0.0913. The van der Waals surface area contributed by atoms with Gasteiger partial charge in [-0.05, 0) is 50.1 Å². The summed E-state index contributed by atoms with van der Waals surface area (Å²) < 4.78 is 5.71. The van der Waals surface area contributed by atoms with Gasteiger partial charge in [-0.2, -0.15) is 0 Å². The Hall–Kier alpha value is -2.67. The van der Waals surface area contributed by atoms with Gasteiger partial charge in [0.25, 0.3) is 0 Å². The van der Waals surface area contributed by atoms with Gasteiger partial charge >= 0.3 is 5.97 Å². The van der Waals surface area contributed by atoms with E-state index in [1.807, 2.05) is 36.4 Å². The summed E-state index contributed by atoms with van der Waals surface area (Å²) in [5, 5.41) is 0. The van der Waals surface area contributed by atoms with Gasteiger partial charge in [-0.25, -0.2) is 0 Å². The quantitative estimate of drug-likeness (QED) is 0.577. The normalized spacial score (nSPS) is 15.6. The predicted octanol–water partition coefficient (Wildman–Crippen LogP) is 4.46. The minimum atomic E-state index is -0.336. The maximum atomic E-state index is 11.7. The molecular formula is C22H22BrN3O3. The number of ether oxygens (including phenoxy) is 1. The second-order valence-electron chi connectivity index (χ2n) is 6.79. The van der Waals surface area contributed by atoms with Crippen molar-refractivity contribution in [2.24, 2.45) is 9.98 Å². The first-order valence-corrected chi connectivity index (χ1v) is 10.2. The Labute approximate surface area is 178 Å². The number of methoxy groups -OCH3 is 1.